The van der Waals surface area contributed by atoms with Gasteiger partial charge in [0, 0.05) is 30.4 Å². The second kappa shape index (κ2) is 7.20. The highest BCUT2D eigenvalue weighted by Gasteiger charge is 2.21. The van der Waals surface area contributed by atoms with Gasteiger partial charge < -0.3 is 10.0 Å². The van der Waals surface area contributed by atoms with Crippen LogP contribution in [0.3, 0.4) is 0 Å². The van der Waals surface area contributed by atoms with Crippen LogP contribution in [0.15, 0.2) is 36.5 Å². The fraction of sp³-hybridized carbons (Fsp3) is 0.267. The Hall–Kier alpha value is -2.18. The summed E-state index contributed by atoms with van der Waals surface area (Å²) in [5.41, 5.74) is 1.52. The number of rotatable bonds is 6. The second-order valence-corrected chi connectivity index (χ2v) is 5.32. The van der Waals surface area contributed by atoms with Gasteiger partial charge in [0.15, 0.2) is 0 Å². The van der Waals surface area contributed by atoms with E-state index in [0.29, 0.717) is 17.1 Å². The molecule has 0 amide bonds. The first-order chi connectivity index (χ1) is 10.5. The standard InChI is InChI=1S/C15H16ClN3O3/c1-11-7-14(19(21)22)15(17-9-11)18(5-6-20)10-12-3-2-4-13(16)8-12/h2-4,7-9,20H,5-6,10H2,1H3. The van der Waals surface area contributed by atoms with E-state index >= 15 is 0 Å². The molecule has 0 aliphatic carbocycles. The van der Waals surface area contributed by atoms with Crippen molar-refractivity contribution in [3.63, 3.8) is 0 Å². The highest BCUT2D eigenvalue weighted by Crippen LogP contribution is 2.27. The Balaban J connectivity index is 2.37. The molecule has 0 bridgehead atoms. The number of hydrogen-bond donors (Lipinski definition) is 1. The van der Waals surface area contributed by atoms with E-state index in [-0.39, 0.29) is 24.7 Å². The van der Waals surface area contributed by atoms with Crippen LogP contribution in [-0.2, 0) is 6.54 Å². The molecular formula is C15H16ClN3O3. The summed E-state index contributed by atoms with van der Waals surface area (Å²) in [6.45, 7) is 2.23. The number of halogens is 1. The monoisotopic (exact) mass is 321 g/mol. The first kappa shape index (κ1) is 16.2. The Morgan fingerprint density at radius 1 is 1.41 bits per heavy atom. The van der Waals surface area contributed by atoms with Crippen molar-refractivity contribution < 1.29 is 10.0 Å². The number of nitrogens with zero attached hydrogens (tertiary/aromatic N) is 3. The number of nitro groups is 1. The molecule has 0 unspecified atom stereocenters. The minimum absolute atomic E-state index is 0.0736. The zero-order chi connectivity index (χ0) is 16.1. The van der Waals surface area contributed by atoms with E-state index < -0.39 is 4.92 Å². The van der Waals surface area contributed by atoms with Crippen molar-refractivity contribution in [1.29, 1.82) is 0 Å². The highest BCUT2D eigenvalue weighted by molar-refractivity contribution is 6.30. The number of aliphatic hydroxyl groups excluding tert-OH is 1. The van der Waals surface area contributed by atoms with E-state index in [1.54, 1.807) is 30.2 Å². The summed E-state index contributed by atoms with van der Waals surface area (Å²) in [4.78, 5) is 16.6. The lowest BCUT2D eigenvalue weighted by molar-refractivity contribution is -0.384. The molecule has 1 aromatic heterocycles. The number of aliphatic hydroxyl groups is 1. The van der Waals surface area contributed by atoms with Gasteiger partial charge >= 0.3 is 5.69 Å². The van der Waals surface area contributed by atoms with Gasteiger partial charge in [0.25, 0.3) is 0 Å². The molecule has 0 aliphatic heterocycles. The van der Waals surface area contributed by atoms with Gasteiger partial charge in [-0.3, -0.25) is 10.1 Å². The van der Waals surface area contributed by atoms with Crippen LogP contribution in [-0.4, -0.2) is 28.2 Å². The molecule has 22 heavy (non-hydrogen) atoms. The number of aromatic nitrogens is 1. The lowest BCUT2D eigenvalue weighted by Crippen LogP contribution is -2.27. The summed E-state index contributed by atoms with van der Waals surface area (Å²) in [7, 11) is 0. The van der Waals surface area contributed by atoms with Gasteiger partial charge in [0.1, 0.15) is 0 Å². The highest BCUT2D eigenvalue weighted by atomic mass is 35.5. The molecule has 0 saturated heterocycles. The Morgan fingerprint density at radius 3 is 2.82 bits per heavy atom. The maximum Gasteiger partial charge on any atom is 0.311 e. The van der Waals surface area contributed by atoms with Crippen molar-refractivity contribution in [2.24, 2.45) is 0 Å². The average Bonchev–Trinajstić information content (AvgIpc) is 2.47. The van der Waals surface area contributed by atoms with Crippen LogP contribution in [0.1, 0.15) is 11.1 Å². The summed E-state index contributed by atoms with van der Waals surface area (Å²) in [6, 6.07) is 8.70. The maximum absolute atomic E-state index is 11.2. The molecule has 1 N–H and O–H groups in total. The van der Waals surface area contributed by atoms with Crippen LogP contribution >= 0.6 is 11.6 Å². The largest absolute Gasteiger partial charge is 0.395 e. The van der Waals surface area contributed by atoms with Gasteiger partial charge in [-0.25, -0.2) is 4.98 Å². The molecule has 2 rings (SSSR count). The fourth-order valence-corrected chi connectivity index (χ4v) is 2.37. The number of hydrogen-bond acceptors (Lipinski definition) is 5. The van der Waals surface area contributed by atoms with Crippen LogP contribution < -0.4 is 4.90 Å². The Labute approximate surface area is 133 Å². The van der Waals surface area contributed by atoms with Gasteiger partial charge in [-0.15, -0.1) is 0 Å². The molecule has 0 fully saturated rings. The molecular weight excluding hydrogens is 306 g/mol. The first-order valence-corrected chi connectivity index (χ1v) is 7.10. The van der Waals surface area contributed by atoms with Crippen LogP contribution in [0.2, 0.25) is 5.02 Å². The predicted molar refractivity (Wildman–Crippen MR) is 85.2 cm³/mol. The van der Waals surface area contributed by atoms with Crippen molar-refractivity contribution in [1.82, 2.24) is 4.98 Å². The maximum atomic E-state index is 11.2. The number of aryl methyl sites for hydroxylation is 1. The van der Waals surface area contributed by atoms with Crippen molar-refractivity contribution in [2.45, 2.75) is 13.5 Å². The van der Waals surface area contributed by atoms with Crippen molar-refractivity contribution >= 4 is 23.1 Å². The lowest BCUT2D eigenvalue weighted by atomic mass is 10.2. The number of pyridine rings is 1. The summed E-state index contributed by atoms with van der Waals surface area (Å²) in [5.74, 6) is 0.240. The van der Waals surface area contributed by atoms with E-state index in [9.17, 15) is 15.2 Å². The normalized spacial score (nSPS) is 10.5. The van der Waals surface area contributed by atoms with Crippen molar-refractivity contribution in [3.05, 3.63) is 62.8 Å². The van der Waals surface area contributed by atoms with Crippen LogP contribution in [0, 0.1) is 17.0 Å². The number of anilines is 1. The zero-order valence-corrected chi connectivity index (χ0v) is 12.8. The molecule has 6 nitrogen and oxygen atoms in total. The quantitative estimate of drug-likeness (QED) is 0.653. The Morgan fingerprint density at radius 2 is 2.18 bits per heavy atom. The molecule has 0 aliphatic rings. The average molecular weight is 322 g/mol. The molecule has 116 valence electrons. The van der Waals surface area contributed by atoms with Crippen molar-refractivity contribution in [2.75, 3.05) is 18.1 Å². The molecule has 2 aromatic rings. The minimum Gasteiger partial charge on any atom is -0.395 e. The van der Waals surface area contributed by atoms with Crippen LogP contribution in [0.5, 0.6) is 0 Å². The van der Waals surface area contributed by atoms with Crippen LogP contribution in [0.4, 0.5) is 11.5 Å². The summed E-state index contributed by atoms with van der Waals surface area (Å²) >= 11 is 5.96. The Kier molecular flexibility index (Phi) is 5.30. The molecule has 7 heteroatoms. The minimum atomic E-state index is -0.461. The van der Waals surface area contributed by atoms with Crippen LogP contribution in [0.25, 0.3) is 0 Å². The fourth-order valence-electron chi connectivity index (χ4n) is 2.16. The molecule has 0 saturated carbocycles. The second-order valence-electron chi connectivity index (χ2n) is 4.89. The van der Waals surface area contributed by atoms with E-state index in [4.69, 9.17) is 11.6 Å². The predicted octanol–water partition coefficient (Wildman–Crippen LogP) is 2.95. The SMILES string of the molecule is Cc1cnc(N(CCO)Cc2cccc(Cl)c2)c([N+](=O)[O-])c1. The van der Waals surface area contributed by atoms with E-state index in [1.807, 2.05) is 12.1 Å². The first-order valence-electron chi connectivity index (χ1n) is 6.72. The van der Waals surface area contributed by atoms with E-state index in [1.165, 1.54) is 6.07 Å². The molecule has 0 atom stereocenters. The third-order valence-electron chi connectivity index (χ3n) is 3.11. The topological polar surface area (TPSA) is 79.5 Å². The molecule has 0 radical (unpaired) electrons. The third-order valence-corrected chi connectivity index (χ3v) is 3.35. The molecule has 1 heterocycles. The zero-order valence-electron chi connectivity index (χ0n) is 12.1. The lowest BCUT2D eigenvalue weighted by Gasteiger charge is -2.22. The molecule has 0 spiro atoms. The summed E-state index contributed by atoms with van der Waals surface area (Å²) < 4.78 is 0. The van der Waals surface area contributed by atoms with E-state index in [2.05, 4.69) is 4.98 Å². The van der Waals surface area contributed by atoms with Gasteiger partial charge in [0.05, 0.1) is 11.5 Å². The van der Waals surface area contributed by atoms with E-state index in [0.717, 1.165) is 5.56 Å². The third kappa shape index (κ3) is 3.93. The Bertz CT molecular complexity index is 679. The van der Waals surface area contributed by atoms with Gasteiger partial charge in [-0.1, -0.05) is 23.7 Å². The number of benzene rings is 1. The summed E-state index contributed by atoms with van der Waals surface area (Å²) in [5, 5.41) is 21.1. The summed E-state index contributed by atoms with van der Waals surface area (Å²) in [6.07, 6.45) is 1.57. The molecule has 1 aromatic carbocycles. The van der Waals surface area contributed by atoms with Crippen molar-refractivity contribution in [3.8, 4) is 0 Å². The van der Waals surface area contributed by atoms with Gasteiger partial charge in [0.2, 0.25) is 5.82 Å². The smallest absolute Gasteiger partial charge is 0.311 e. The van der Waals surface area contributed by atoms with Gasteiger partial charge in [-0.05, 0) is 30.2 Å². The van der Waals surface area contributed by atoms with Gasteiger partial charge in [-0.2, -0.15) is 0 Å².